The van der Waals surface area contributed by atoms with Crippen LogP contribution >= 0.6 is 11.8 Å². The predicted octanol–water partition coefficient (Wildman–Crippen LogP) is 1.91. The van der Waals surface area contributed by atoms with Crippen LogP contribution in [0.15, 0.2) is 35.5 Å². The van der Waals surface area contributed by atoms with Crippen molar-refractivity contribution in [3.05, 3.63) is 41.7 Å². The first-order valence-corrected chi connectivity index (χ1v) is 7.65. The van der Waals surface area contributed by atoms with E-state index in [1.807, 2.05) is 48.9 Å². The first-order valence-electron chi connectivity index (χ1n) is 6.77. The van der Waals surface area contributed by atoms with E-state index in [4.69, 9.17) is 4.74 Å². The van der Waals surface area contributed by atoms with Crippen LogP contribution in [0.4, 0.5) is 0 Å². The van der Waals surface area contributed by atoms with E-state index < -0.39 is 0 Å². The van der Waals surface area contributed by atoms with Crippen molar-refractivity contribution in [3.8, 4) is 0 Å². The fraction of sp³-hybridized carbons (Fsp3) is 0.357. The Labute approximate surface area is 126 Å². The smallest absolute Gasteiger partial charge is 0.322 e. The molecule has 2 heterocycles. The Hall–Kier alpha value is -2.02. The van der Waals surface area contributed by atoms with E-state index in [0.29, 0.717) is 11.8 Å². The Morgan fingerprint density at radius 2 is 2.14 bits per heavy atom. The largest absolute Gasteiger partial charge is 0.465 e. The summed E-state index contributed by atoms with van der Waals surface area (Å²) in [4.78, 5) is 12.3. The van der Waals surface area contributed by atoms with Crippen LogP contribution in [0.5, 0.6) is 0 Å². The third kappa shape index (κ3) is 2.61. The van der Waals surface area contributed by atoms with Crippen molar-refractivity contribution >= 4 is 17.7 Å². The van der Waals surface area contributed by atoms with Crippen molar-refractivity contribution in [2.45, 2.75) is 30.3 Å². The van der Waals surface area contributed by atoms with Crippen LogP contribution in [0.3, 0.4) is 0 Å². The van der Waals surface area contributed by atoms with E-state index >= 15 is 0 Å². The zero-order valence-electron chi connectivity index (χ0n) is 11.8. The molecule has 0 saturated heterocycles. The van der Waals surface area contributed by atoms with Gasteiger partial charge in [0.1, 0.15) is 11.1 Å². The number of nitrogens with zero attached hydrogens (tertiary/aromatic N) is 3. The summed E-state index contributed by atoms with van der Waals surface area (Å²) in [5.74, 6) is 0.525. The predicted molar refractivity (Wildman–Crippen MR) is 79.6 cm³/mol. The molecule has 3 rings (SSSR count). The van der Waals surface area contributed by atoms with E-state index in [9.17, 15) is 4.79 Å². The zero-order chi connectivity index (χ0) is 14.8. The molecule has 2 unspecified atom stereocenters. The van der Waals surface area contributed by atoms with Gasteiger partial charge in [0, 0.05) is 0 Å². The Balaban J connectivity index is 1.97. The number of thioether (sulfide) groups is 1. The molecule has 0 fully saturated rings. The van der Waals surface area contributed by atoms with E-state index in [-0.39, 0.29) is 17.3 Å². The van der Waals surface area contributed by atoms with Gasteiger partial charge in [-0.05, 0) is 19.4 Å². The monoisotopic (exact) mass is 304 g/mol. The van der Waals surface area contributed by atoms with Gasteiger partial charge in [0.25, 0.3) is 0 Å². The standard InChI is InChI=1S/C14H16N4O2S/c1-3-20-13(19)12-11(10-7-5-4-6-8-10)17-18-9(2)15-16-14(18)21-12/h4-8,11-12,17H,3H2,1-2H3. The molecule has 1 aliphatic rings. The first kappa shape index (κ1) is 13.9. The number of hydrogen-bond acceptors (Lipinski definition) is 6. The molecule has 1 aliphatic heterocycles. The van der Waals surface area contributed by atoms with Gasteiger partial charge in [-0.15, -0.1) is 10.2 Å². The second kappa shape index (κ2) is 5.77. The van der Waals surface area contributed by atoms with Gasteiger partial charge in [0.2, 0.25) is 5.16 Å². The average molecular weight is 304 g/mol. The number of benzene rings is 1. The van der Waals surface area contributed by atoms with Crippen LogP contribution in [-0.2, 0) is 9.53 Å². The molecule has 2 aromatic rings. The van der Waals surface area contributed by atoms with Crippen molar-refractivity contribution in [1.82, 2.24) is 14.9 Å². The van der Waals surface area contributed by atoms with E-state index in [1.165, 1.54) is 11.8 Å². The maximum Gasteiger partial charge on any atom is 0.322 e. The number of ether oxygens (including phenoxy) is 1. The molecule has 0 radical (unpaired) electrons. The lowest BCUT2D eigenvalue weighted by molar-refractivity contribution is -0.142. The molecule has 7 heteroatoms. The van der Waals surface area contributed by atoms with Crippen LogP contribution in [-0.4, -0.2) is 32.7 Å². The molecular formula is C14H16N4O2S. The molecular weight excluding hydrogens is 288 g/mol. The summed E-state index contributed by atoms with van der Waals surface area (Å²) < 4.78 is 7.02. The molecule has 2 atom stereocenters. The number of rotatable bonds is 3. The van der Waals surface area contributed by atoms with Gasteiger partial charge in [-0.2, -0.15) is 0 Å². The maximum absolute atomic E-state index is 12.3. The highest BCUT2D eigenvalue weighted by Crippen LogP contribution is 2.37. The van der Waals surface area contributed by atoms with Gasteiger partial charge in [-0.3, -0.25) is 4.79 Å². The zero-order valence-corrected chi connectivity index (χ0v) is 12.6. The SMILES string of the molecule is CCOC(=O)C1Sc2nnc(C)n2NC1c1ccccc1. The van der Waals surface area contributed by atoms with Gasteiger partial charge in [-0.25, -0.2) is 4.68 Å². The number of carbonyl (C=O) groups excluding carboxylic acids is 1. The number of nitrogens with one attached hydrogen (secondary N) is 1. The first-order chi connectivity index (χ1) is 10.2. The lowest BCUT2D eigenvalue weighted by Crippen LogP contribution is -2.39. The summed E-state index contributed by atoms with van der Waals surface area (Å²) in [6.07, 6.45) is 0. The summed E-state index contributed by atoms with van der Waals surface area (Å²) in [6.45, 7) is 4.04. The summed E-state index contributed by atoms with van der Waals surface area (Å²) >= 11 is 1.38. The van der Waals surface area contributed by atoms with Gasteiger partial charge >= 0.3 is 5.97 Å². The molecule has 1 aromatic carbocycles. The van der Waals surface area contributed by atoms with Gasteiger partial charge in [-0.1, -0.05) is 42.1 Å². The lowest BCUT2D eigenvalue weighted by atomic mass is 10.0. The van der Waals surface area contributed by atoms with Crippen LogP contribution in [0.25, 0.3) is 0 Å². The Morgan fingerprint density at radius 1 is 1.38 bits per heavy atom. The fourth-order valence-electron chi connectivity index (χ4n) is 2.27. The van der Waals surface area contributed by atoms with Crippen LogP contribution in [0.2, 0.25) is 0 Å². The van der Waals surface area contributed by atoms with Crippen molar-refractivity contribution < 1.29 is 9.53 Å². The molecule has 0 bridgehead atoms. The Morgan fingerprint density at radius 3 is 2.86 bits per heavy atom. The van der Waals surface area contributed by atoms with Gasteiger partial charge in [0.05, 0.1) is 12.6 Å². The molecule has 0 amide bonds. The molecule has 21 heavy (non-hydrogen) atoms. The summed E-state index contributed by atoms with van der Waals surface area (Å²) in [6, 6.07) is 9.67. The fourth-order valence-corrected chi connectivity index (χ4v) is 3.40. The van der Waals surface area contributed by atoms with E-state index in [2.05, 4.69) is 15.6 Å². The average Bonchev–Trinajstić information content (AvgIpc) is 2.88. The minimum absolute atomic E-state index is 0.183. The van der Waals surface area contributed by atoms with Crippen molar-refractivity contribution in [3.63, 3.8) is 0 Å². The highest BCUT2D eigenvalue weighted by atomic mass is 32.2. The topological polar surface area (TPSA) is 69.0 Å². The molecule has 6 nitrogen and oxygen atoms in total. The van der Waals surface area contributed by atoms with Crippen molar-refractivity contribution in [2.24, 2.45) is 0 Å². The molecule has 1 aromatic heterocycles. The highest BCUT2D eigenvalue weighted by molar-refractivity contribution is 8.00. The maximum atomic E-state index is 12.3. The van der Waals surface area contributed by atoms with E-state index in [0.717, 1.165) is 11.4 Å². The summed E-state index contributed by atoms with van der Waals surface area (Å²) in [7, 11) is 0. The number of aryl methyl sites for hydroxylation is 1. The van der Waals surface area contributed by atoms with E-state index in [1.54, 1.807) is 0 Å². The molecule has 0 saturated carbocycles. The normalized spacial score (nSPS) is 20.5. The second-order valence-electron chi connectivity index (χ2n) is 4.67. The van der Waals surface area contributed by atoms with Crippen LogP contribution in [0.1, 0.15) is 24.4 Å². The molecule has 0 aliphatic carbocycles. The molecule has 110 valence electrons. The number of hydrogen-bond donors (Lipinski definition) is 1. The number of aromatic nitrogens is 3. The third-order valence-electron chi connectivity index (χ3n) is 3.28. The number of esters is 1. The Kier molecular flexibility index (Phi) is 3.83. The molecule has 1 N–H and O–H groups in total. The quantitative estimate of drug-likeness (QED) is 0.874. The number of fused-ring (bicyclic) bond motifs is 1. The van der Waals surface area contributed by atoms with Crippen molar-refractivity contribution in [2.75, 3.05) is 12.0 Å². The van der Waals surface area contributed by atoms with Crippen LogP contribution in [0, 0.1) is 6.92 Å². The lowest BCUT2D eigenvalue weighted by Gasteiger charge is -2.32. The van der Waals surface area contributed by atoms with Gasteiger partial charge in [0.15, 0.2) is 0 Å². The minimum Gasteiger partial charge on any atom is -0.465 e. The molecule has 0 spiro atoms. The summed E-state index contributed by atoms with van der Waals surface area (Å²) in [5, 5.41) is 8.42. The van der Waals surface area contributed by atoms with Gasteiger partial charge < -0.3 is 10.2 Å². The number of carbonyl (C=O) groups is 1. The second-order valence-corrected chi connectivity index (χ2v) is 5.78. The van der Waals surface area contributed by atoms with Crippen LogP contribution < -0.4 is 5.43 Å². The third-order valence-corrected chi connectivity index (χ3v) is 4.47. The summed E-state index contributed by atoms with van der Waals surface area (Å²) in [5.41, 5.74) is 4.35. The highest BCUT2D eigenvalue weighted by Gasteiger charge is 2.38. The minimum atomic E-state index is -0.386. The van der Waals surface area contributed by atoms with Crippen molar-refractivity contribution in [1.29, 1.82) is 0 Å². The Bertz CT molecular complexity index is 644.